The second-order valence-electron chi connectivity index (χ2n) is 5.11. The summed E-state index contributed by atoms with van der Waals surface area (Å²) in [6.07, 6.45) is -0.160. The Kier molecular flexibility index (Phi) is 3.51. The second kappa shape index (κ2) is 5.17. The van der Waals surface area contributed by atoms with Crippen molar-refractivity contribution in [3.63, 3.8) is 0 Å². The maximum atomic E-state index is 13.2. The number of rotatable bonds is 2. The summed E-state index contributed by atoms with van der Waals surface area (Å²) in [5.74, 6) is 0. The Morgan fingerprint density at radius 3 is 2.15 bits per heavy atom. The minimum Gasteiger partial charge on any atom is -0.304 e. The smallest absolute Gasteiger partial charge is 0.303 e. The molecule has 0 aliphatic carbocycles. The maximum Gasteiger partial charge on any atom is 0.303 e. The molecule has 3 rings (SSSR count). The molecule has 104 valence electrons. The van der Waals surface area contributed by atoms with Crippen molar-refractivity contribution >= 4 is 12.8 Å². The quantitative estimate of drug-likeness (QED) is 0.790. The van der Waals surface area contributed by atoms with Gasteiger partial charge in [0.2, 0.25) is 0 Å². The van der Waals surface area contributed by atoms with Gasteiger partial charge < -0.3 is 4.52 Å². The lowest BCUT2D eigenvalue weighted by atomic mass is 10.0. The van der Waals surface area contributed by atoms with Crippen LogP contribution in [0.25, 0.3) is 0 Å². The highest BCUT2D eigenvalue weighted by Crippen LogP contribution is 2.60. The van der Waals surface area contributed by atoms with Gasteiger partial charge in [0.15, 0.2) is 0 Å². The first-order valence-electron chi connectivity index (χ1n) is 6.75. The van der Waals surface area contributed by atoms with Crippen LogP contribution in [0.1, 0.15) is 18.6 Å². The summed E-state index contributed by atoms with van der Waals surface area (Å²) in [4.78, 5) is 0. The third kappa shape index (κ3) is 2.12. The van der Waals surface area contributed by atoms with Crippen LogP contribution in [0.3, 0.4) is 0 Å². The van der Waals surface area contributed by atoms with Crippen molar-refractivity contribution in [2.24, 2.45) is 0 Å². The van der Waals surface area contributed by atoms with Crippen molar-refractivity contribution in [2.75, 3.05) is 7.05 Å². The van der Waals surface area contributed by atoms with E-state index in [1.165, 1.54) is 0 Å². The third-order valence-electron chi connectivity index (χ3n) is 3.91. The lowest BCUT2D eigenvalue weighted by molar-refractivity contribution is 0.212. The number of hydrogen-bond donors (Lipinski definition) is 0. The zero-order valence-corrected chi connectivity index (χ0v) is 12.5. The summed E-state index contributed by atoms with van der Waals surface area (Å²) >= 11 is 0. The molecule has 0 spiro atoms. The first-order valence-corrected chi connectivity index (χ1v) is 8.33. The second-order valence-corrected chi connectivity index (χ2v) is 7.51. The van der Waals surface area contributed by atoms with Crippen LogP contribution in [0, 0.1) is 0 Å². The molecule has 0 aromatic heterocycles. The molecule has 2 aromatic carbocycles. The van der Waals surface area contributed by atoms with E-state index in [0.29, 0.717) is 0 Å². The van der Waals surface area contributed by atoms with Crippen LogP contribution >= 0.6 is 7.52 Å². The molecule has 0 amide bonds. The van der Waals surface area contributed by atoms with Gasteiger partial charge in [-0.2, -0.15) is 0 Å². The third-order valence-corrected chi connectivity index (χ3v) is 6.57. The number of nitrogens with zero attached hydrogens (tertiary/aromatic N) is 1. The van der Waals surface area contributed by atoms with Gasteiger partial charge in [-0.1, -0.05) is 48.5 Å². The van der Waals surface area contributed by atoms with E-state index in [2.05, 4.69) is 6.92 Å². The first kappa shape index (κ1) is 13.6. The first-order chi connectivity index (χ1) is 9.63. The lowest BCUT2D eigenvalue weighted by Crippen LogP contribution is -2.25. The zero-order chi connectivity index (χ0) is 14.2. The Bertz CT molecular complexity index is 629. The van der Waals surface area contributed by atoms with Gasteiger partial charge in [-0.05, 0) is 31.7 Å². The molecule has 1 saturated heterocycles. The van der Waals surface area contributed by atoms with Gasteiger partial charge in [-0.15, -0.1) is 0 Å². The fraction of sp³-hybridized carbons (Fsp3) is 0.250. The van der Waals surface area contributed by atoms with Crippen LogP contribution in [0.5, 0.6) is 0 Å². The summed E-state index contributed by atoms with van der Waals surface area (Å²) in [5.41, 5.74) is 1.07. The van der Waals surface area contributed by atoms with Gasteiger partial charge in [-0.3, -0.25) is 4.57 Å². The molecule has 2 aromatic rings. The minimum atomic E-state index is -2.96. The lowest BCUT2D eigenvalue weighted by Gasteiger charge is -2.20. The van der Waals surface area contributed by atoms with Gasteiger partial charge in [0.1, 0.15) is 6.10 Å². The van der Waals surface area contributed by atoms with E-state index in [1.807, 2.05) is 72.4 Å². The molecular weight excluding hydrogens is 269 g/mol. The largest absolute Gasteiger partial charge is 0.304 e. The molecule has 1 aliphatic rings. The molecular formula is C16H18NO2P. The van der Waals surface area contributed by atoms with Crippen LogP contribution in [0.2, 0.25) is 0 Å². The normalized spacial score (nSPS) is 30.5. The number of benzene rings is 2. The molecule has 0 N–H and O–H groups in total. The zero-order valence-electron chi connectivity index (χ0n) is 11.6. The van der Waals surface area contributed by atoms with Crippen molar-refractivity contribution in [3.05, 3.63) is 66.2 Å². The molecule has 1 heterocycles. The van der Waals surface area contributed by atoms with Crippen molar-refractivity contribution < 1.29 is 9.09 Å². The molecule has 0 bridgehead atoms. The van der Waals surface area contributed by atoms with Crippen LogP contribution in [-0.4, -0.2) is 17.8 Å². The highest BCUT2D eigenvalue weighted by atomic mass is 31.2. The van der Waals surface area contributed by atoms with Crippen molar-refractivity contribution in [3.8, 4) is 0 Å². The minimum absolute atomic E-state index is 0.0726. The van der Waals surface area contributed by atoms with Crippen molar-refractivity contribution in [1.29, 1.82) is 0 Å². The fourth-order valence-corrected chi connectivity index (χ4v) is 4.98. The monoisotopic (exact) mass is 287 g/mol. The van der Waals surface area contributed by atoms with E-state index >= 15 is 0 Å². The van der Waals surface area contributed by atoms with E-state index in [9.17, 15) is 4.57 Å². The molecule has 1 aliphatic heterocycles. The van der Waals surface area contributed by atoms with Crippen LogP contribution < -0.4 is 5.30 Å². The van der Waals surface area contributed by atoms with Gasteiger partial charge in [0.05, 0.1) is 5.30 Å². The average Bonchev–Trinajstić information content (AvgIpc) is 2.75. The molecule has 0 saturated carbocycles. The van der Waals surface area contributed by atoms with Gasteiger partial charge in [0, 0.05) is 6.04 Å². The van der Waals surface area contributed by atoms with E-state index in [0.717, 1.165) is 10.9 Å². The van der Waals surface area contributed by atoms with Crippen LogP contribution in [-0.2, 0) is 9.09 Å². The summed E-state index contributed by atoms with van der Waals surface area (Å²) < 4.78 is 21.1. The predicted octanol–water partition coefficient (Wildman–Crippen LogP) is 3.60. The van der Waals surface area contributed by atoms with Gasteiger partial charge >= 0.3 is 7.52 Å². The molecule has 1 fully saturated rings. The molecule has 20 heavy (non-hydrogen) atoms. The molecule has 3 atom stereocenters. The van der Waals surface area contributed by atoms with Crippen LogP contribution in [0.4, 0.5) is 0 Å². The SMILES string of the molecule is C[C@H]1[C@@H](c2ccccc2)OP(=O)(c2ccccc2)N1C. The Hall–Kier alpha value is -1.41. The Labute approximate surface area is 119 Å². The molecule has 3 nitrogen and oxygen atoms in total. The average molecular weight is 287 g/mol. The highest BCUT2D eigenvalue weighted by molar-refractivity contribution is 7.64. The van der Waals surface area contributed by atoms with Crippen molar-refractivity contribution in [1.82, 2.24) is 4.67 Å². The van der Waals surface area contributed by atoms with E-state index in [4.69, 9.17) is 4.52 Å². The van der Waals surface area contributed by atoms with E-state index in [1.54, 1.807) is 0 Å². The standard InChI is InChI=1S/C16H18NO2P/c1-13-16(14-9-5-3-6-10-14)19-20(18,17(13)2)15-11-7-4-8-12-15/h3-13,16H,1-2H3/t13-,16-,20?/m0/s1. The van der Waals surface area contributed by atoms with E-state index in [-0.39, 0.29) is 12.1 Å². The van der Waals surface area contributed by atoms with Gasteiger partial charge in [-0.25, -0.2) is 4.67 Å². The Morgan fingerprint density at radius 1 is 1.00 bits per heavy atom. The fourth-order valence-electron chi connectivity index (χ4n) is 2.59. The molecule has 0 radical (unpaired) electrons. The van der Waals surface area contributed by atoms with Crippen molar-refractivity contribution in [2.45, 2.75) is 19.1 Å². The number of likely N-dealkylation sites (N-methyl/N-ethyl adjacent to an activating group) is 1. The molecule has 4 heteroatoms. The van der Waals surface area contributed by atoms with Crippen LogP contribution in [0.15, 0.2) is 60.7 Å². The van der Waals surface area contributed by atoms with Gasteiger partial charge in [0.25, 0.3) is 0 Å². The summed E-state index contributed by atoms with van der Waals surface area (Å²) in [5, 5.41) is 0.757. The summed E-state index contributed by atoms with van der Waals surface area (Å²) in [7, 11) is -1.08. The Morgan fingerprint density at radius 2 is 1.55 bits per heavy atom. The highest BCUT2D eigenvalue weighted by Gasteiger charge is 2.47. The topological polar surface area (TPSA) is 29.5 Å². The summed E-state index contributed by atoms with van der Waals surface area (Å²) in [6.45, 7) is 2.06. The maximum absolute atomic E-state index is 13.2. The number of hydrogen-bond acceptors (Lipinski definition) is 2. The van der Waals surface area contributed by atoms with E-state index < -0.39 is 7.52 Å². The molecule has 1 unspecified atom stereocenters. The summed E-state index contributed by atoms with van der Waals surface area (Å²) in [6, 6.07) is 19.5. The predicted molar refractivity (Wildman–Crippen MR) is 81.2 cm³/mol. The Balaban J connectivity index is 1.99.